The predicted molar refractivity (Wildman–Crippen MR) is 238 cm³/mol. The Labute approximate surface area is 388 Å². The summed E-state index contributed by atoms with van der Waals surface area (Å²) in [5, 5.41) is 21.3. The van der Waals surface area contributed by atoms with Gasteiger partial charge in [0.15, 0.2) is 0 Å². The van der Waals surface area contributed by atoms with Crippen molar-refractivity contribution < 1.29 is 62.1 Å². The van der Waals surface area contributed by atoms with Gasteiger partial charge in [0.1, 0.15) is 23.8 Å². The van der Waals surface area contributed by atoms with Gasteiger partial charge in [-0.25, -0.2) is 14.3 Å². The van der Waals surface area contributed by atoms with Crippen molar-refractivity contribution in [2.75, 3.05) is 48.1 Å². The number of rotatable bonds is 31. The number of nitrogens with one attached hydrogen (secondary N) is 5. The maximum Gasteiger partial charge on any atom is 0.328 e. The molecule has 372 valence electrons. The lowest BCUT2D eigenvalue weighted by molar-refractivity contribution is -0.149. The Bertz CT molecular complexity index is 1910. The van der Waals surface area contributed by atoms with Gasteiger partial charge in [0.05, 0.1) is 72.7 Å². The number of esters is 4. The Morgan fingerprint density at radius 2 is 1.10 bits per heavy atom. The van der Waals surface area contributed by atoms with Crippen molar-refractivity contribution >= 4 is 53.4 Å². The van der Waals surface area contributed by atoms with Crippen LogP contribution in [0.3, 0.4) is 0 Å². The zero-order chi connectivity index (χ0) is 49.9. The SMILES string of the molecule is COC(=O)C[C@H](NC(=O)c1cc(Cn2cc(CNC(=O)[C@H](CCCCNC(=O)[C@@H](N)CCCCN)NC(=O)[C@@H](N)CCCCN)nn2)cc(C(=O)N[C@@H](CC(=O)OC)C(=O)OC)c1)C(=O)OC. The molecule has 0 saturated heterocycles. The van der Waals surface area contributed by atoms with Crippen molar-refractivity contribution in [3.8, 4) is 0 Å². The van der Waals surface area contributed by atoms with Gasteiger partial charge < -0.3 is 68.5 Å². The van der Waals surface area contributed by atoms with Crippen molar-refractivity contribution in [2.24, 2.45) is 22.9 Å². The maximum atomic E-state index is 13.6. The second-order valence-electron chi connectivity index (χ2n) is 15.3. The highest BCUT2D eigenvalue weighted by Crippen LogP contribution is 2.15. The fourth-order valence-corrected chi connectivity index (χ4v) is 6.33. The third kappa shape index (κ3) is 20.6. The van der Waals surface area contributed by atoms with Gasteiger partial charge in [-0.2, -0.15) is 0 Å². The number of hydrogen-bond donors (Lipinski definition) is 9. The van der Waals surface area contributed by atoms with Gasteiger partial charge in [0.25, 0.3) is 11.8 Å². The summed E-state index contributed by atoms with van der Waals surface area (Å²) in [5.41, 5.74) is 23.4. The summed E-state index contributed by atoms with van der Waals surface area (Å²) >= 11 is 0. The van der Waals surface area contributed by atoms with E-state index >= 15 is 0 Å². The van der Waals surface area contributed by atoms with E-state index in [9.17, 15) is 43.2 Å². The van der Waals surface area contributed by atoms with Crippen LogP contribution in [0.4, 0.5) is 0 Å². The zero-order valence-corrected chi connectivity index (χ0v) is 38.5. The van der Waals surface area contributed by atoms with E-state index in [1.807, 2.05) is 0 Å². The highest BCUT2D eigenvalue weighted by Gasteiger charge is 2.29. The fourth-order valence-electron chi connectivity index (χ4n) is 6.33. The Morgan fingerprint density at radius 1 is 0.597 bits per heavy atom. The minimum Gasteiger partial charge on any atom is -0.469 e. The smallest absolute Gasteiger partial charge is 0.328 e. The second kappa shape index (κ2) is 30.6. The van der Waals surface area contributed by atoms with Gasteiger partial charge in [0, 0.05) is 17.7 Å². The van der Waals surface area contributed by atoms with Crippen LogP contribution in [0.5, 0.6) is 0 Å². The van der Waals surface area contributed by atoms with Crippen LogP contribution in [0.1, 0.15) is 103 Å². The molecule has 0 aliphatic heterocycles. The van der Waals surface area contributed by atoms with Gasteiger partial charge in [-0.05, 0) is 81.8 Å². The first kappa shape index (κ1) is 56.6. The average Bonchev–Trinajstić information content (AvgIpc) is 3.77. The number of benzene rings is 1. The number of aromatic nitrogens is 3. The lowest BCUT2D eigenvalue weighted by Gasteiger charge is -2.21. The van der Waals surface area contributed by atoms with Crippen LogP contribution in [0.2, 0.25) is 0 Å². The molecule has 25 heteroatoms. The van der Waals surface area contributed by atoms with Gasteiger partial charge in [-0.15, -0.1) is 5.10 Å². The van der Waals surface area contributed by atoms with Crippen LogP contribution in [-0.4, -0.2) is 147 Å². The number of methoxy groups -OCH3 is 4. The second-order valence-corrected chi connectivity index (χ2v) is 15.3. The summed E-state index contributed by atoms with van der Waals surface area (Å²) in [5.74, 6) is -6.71. The first-order chi connectivity index (χ1) is 32.0. The predicted octanol–water partition coefficient (Wildman–Crippen LogP) is -2.70. The van der Waals surface area contributed by atoms with Gasteiger partial charge in [-0.3, -0.25) is 33.6 Å². The van der Waals surface area contributed by atoms with Crippen LogP contribution < -0.4 is 49.5 Å². The molecule has 5 atom stereocenters. The molecule has 25 nitrogen and oxygen atoms in total. The van der Waals surface area contributed by atoms with E-state index in [0.717, 1.165) is 47.3 Å². The monoisotopic (exact) mass is 946 g/mol. The largest absolute Gasteiger partial charge is 0.469 e. The van der Waals surface area contributed by atoms with Gasteiger partial charge >= 0.3 is 23.9 Å². The Kier molecular flexibility index (Phi) is 25.8. The van der Waals surface area contributed by atoms with E-state index in [-0.39, 0.29) is 47.8 Å². The number of ether oxygens (including phenoxy) is 4. The molecule has 0 radical (unpaired) electrons. The number of hydrogen-bond acceptors (Lipinski definition) is 19. The molecule has 0 fully saturated rings. The molecule has 1 heterocycles. The maximum absolute atomic E-state index is 13.6. The van der Waals surface area contributed by atoms with Crippen molar-refractivity contribution in [1.82, 2.24) is 41.6 Å². The fraction of sp³-hybridized carbons (Fsp3) is 0.595. The summed E-state index contributed by atoms with van der Waals surface area (Å²) in [6.07, 6.45) is 5.14. The van der Waals surface area contributed by atoms with E-state index in [2.05, 4.69) is 46.4 Å². The Morgan fingerprint density at radius 3 is 1.60 bits per heavy atom. The summed E-state index contributed by atoms with van der Waals surface area (Å²) in [6, 6.07) is -1.59. The normalized spacial score (nSPS) is 13.1. The summed E-state index contributed by atoms with van der Waals surface area (Å²) in [7, 11) is 4.30. The Hall–Kier alpha value is -6.57. The number of nitrogens with zero attached hydrogens (tertiary/aromatic N) is 3. The molecule has 5 amide bonds. The number of carbonyl (C=O) groups is 9. The van der Waals surface area contributed by atoms with E-state index in [1.54, 1.807) is 0 Å². The molecule has 1 aromatic carbocycles. The molecule has 2 rings (SSSR count). The molecule has 0 saturated carbocycles. The minimum absolute atomic E-state index is 0.122. The van der Waals surface area contributed by atoms with E-state index < -0.39 is 90.6 Å². The van der Waals surface area contributed by atoms with Crippen LogP contribution in [0.25, 0.3) is 0 Å². The van der Waals surface area contributed by atoms with E-state index in [4.69, 9.17) is 32.4 Å². The quantitative estimate of drug-likeness (QED) is 0.0211. The van der Waals surface area contributed by atoms with Crippen LogP contribution in [0, 0.1) is 0 Å². The molecule has 13 N–H and O–H groups in total. The van der Waals surface area contributed by atoms with Crippen molar-refractivity contribution in [3.05, 3.63) is 46.8 Å². The molecular formula is C42H66N12O13. The van der Waals surface area contributed by atoms with Crippen LogP contribution in [0.15, 0.2) is 24.4 Å². The number of amides is 5. The van der Waals surface area contributed by atoms with Gasteiger partial charge in [-0.1, -0.05) is 18.1 Å². The third-order valence-electron chi connectivity index (χ3n) is 10.1. The lowest BCUT2D eigenvalue weighted by atomic mass is 10.0. The highest BCUT2D eigenvalue weighted by atomic mass is 16.5. The van der Waals surface area contributed by atoms with Crippen molar-refractivity contribution in [1.29, 1.82) is 0 Å². The van der Waals surface area contributed by atoms with Crippen molar-refractivity contribution in [3.63, 3.8) is 0 Å². The lowest BCUT2D eigenvalue weighted by Crippen LogP contribution is -2.51. The van der Waals surface area contributed by atoms with Crippen molar-refractivity contribution in [2.45, 2.75) is 114 Å². The number of nitrogens with two attached hydrogens (primary N) is 4. The first-order valence-electron chi connectivity index (χ1n) is 21.7. The van der Waals surface area contributed by atoms with E-state index in [1.165, 1.54) is 23.0 Å². The number of carbonyl (C=O) groups excluding carboxylic acids is 9. The van der Waals surface area contributed by atoms with E-state index in [0.29, 0.717) is 58.2 Å². The summed E-state index contributed by atoms with van der Waals surface area (Å²) < 4.78 is 20.0. The molecule has 0 unspecified atom stereocenters. The first-order valence-corrected chi connectivity index (χ1v) is 21.7. The number of unbranched alkanes of at least 4 members (excludes halogenated alkanes) is 3. The summed E-state index contributed by atoms with van der Waals surface area (Å²) in [6.45, 7) is 1.01. The molecular weight excluding hydrogens is 881 g/mol. The molecule has 0 bridgehead atoms. The topological polar surface area (TPSA) is 385 Å². The van der Waals surface area contributed by atoms with Crippen LogP contribution in [-0.2, 0) is 65.6 Å². The average molecular weight is 947 g/mol. The van der Waals surface area contributed by atoms with Crippen LogP contribution >= 0.6 is 0 Å². The summed E-state index contributed by atoms with van der Waals surface area (Å²) in [4.78, 5) is 115. The molecule has 1 aromatic heterocycles. The standard InChI is InChI=1S/C42H66N12O13/c1-64-34(55)20-32(41(62)66-3)50-36(57)26-17-25(18-27(19-26)37(58)51-33(42(63)67-4)21-35(56)65-2)23-54-24-28(52-53-54)22-48-40(61)31(49-39(60)30(46)12-6-9-15-44)13-7-10-16-47-38(59)29(45)11-5-8-14-43/h17-19,24,29-33H,5-16,20-23,43-46H2,1-4H3,(H,47,59)(H,48,61)(H,49,60)(H,50,57)(H,51,58)/t29-,30-,31-,32-,33-/m0/s1. The Balaban J connectivity index is 2.31. The van der Waals surface area contributed by atoms with Gasteiger partial charge in [0.2, 0.25) is 17.7 Å². The molecule has 0 spiro atoms. The molecule has 67 heavy (non-hydrogen) atoms. The molecule has 2 aromatic rings. The minimum atomic E-state index is -1.47. The zero-order valence-electron chi connectivity index (χ0n) is 38.5. The third-order valence-corrected chi connectivity index (χ3v) is 10.1. The molecule has 0 aliphatic rings. The highest BCUT2D eigenvalue weighted by molar-refractivity contribution is 6.02. The molecule has 0 aliphatic carbocycles.